The molecule has 1 heteroatoms. The predicted octanol–water partition coefficient (Wildman–Crippen LogP) is 2.26. The average Bonchev–Trinajstić information content (AvgIpc) is 2.56. The number of rotatable bonds is 4. The molecule has 1 nitrogen and oxygen atoms in total. The first-order valence-electron chi connectivity index (χ1n) is 4.26. The molecule has 0 spiro atoms. The van der Waals surface area contributed by atoms with E-state index >= 15 is 0 Å². The lowest BCUT2D eigenvalue weighted by Gasteiger charge is -1.92. The molecule has 1 aliphatic carbocycles. The van der Waals surface area contributed by atoms with Gasteiger partial charge >= 0.3 is 0 Å². The molecule has 1 saturated carbocycles. The molecule has 0 radical (unpaired) electrons. The topological polar surface area (TPSA) is 17.1 Å². The van der Waals surface area contributed by atoms with E-state index in [2.05, 4.69) is 13.8 Å². The van der Waals surface area contributed by atoms with E-state index in [9.17, 15) is 4.79 Å². The average molecular weight is 140 g/mol. The zero-order valence-electron chi connectivity index (χ0n) is 6.84. The fourth-order valence-electron chi connectivity index (χ4n) is 1.70. The molecule has 0 aromatic carbocycles. The lowest BCUT2D eigenvalue weighted by Crippen LogP contribution is -1.82. The molecule has 0 bridgehead atoms. The lowest BCUT2D eigenvalue weighted by atomic mass is 10.1. The molecular formula is C9H16O. The quantitative estimate of drug-likeness (QED) is 0.547. The van der Waals surface area contributed by atoms with Crippen LogP contribution in [0.15, 0.2) is 0 Å². The number of carbonyl (C=O) groups excluding carboxylic acids is 1. The summed E-state index contributed by atoms with van der Waals surface area (Å²) in [7, 11) is 0. The monoisotopic (exact) mass is 140 g/mol. The van der Waals surface area contributed by atoms with Gasteiger partial charge in [-0.05, 0) is 18.3 Å². The highest BCUT2D eigenvalue weighted by atomic mass is 16.1. The van der Waals surface area contributed by atoms with Gasteiger partial charge in [0.15, 0.2) is 0 Å². The summed E-state index contributed by atoms with van der Waals surface area (Å²) in [5.41, 5.74) is 0. The Labute approximate surface area is 62.8 Å². The summed E-state index contributed by atoms with van der Waals surface area (Å²) < 4.78 is 0. The Morgan fingerprint density at radius 1 is 1.50 bits per heavy atom. The molecule has 0 amide bonds. The molecule has 58 valence electrons. The van der Waals surface area contributed by atoms with Crippen LogP contribution in [0.5, 0.6) is 0 Å². The van der Waals surface area contributed by atoms with Crippen LogP contribution in [-0.4, -0.2) is 6.29 Å². The van der Waals surface area contributed by atoms with Crippen LogP contribution in [0.2, 0.25) is 0 Å². The summed E-state index contributed by atoms with van der Waals surface area (Å²) >= 11 is 0. The Morgan fingerprint density at radius 3 is 2.60 bits per heavy atom. The number of aldehydes is 1. The molecule has 0 aromatic rings. The van der Waals surface area contributed by atoms with Crippen molar-refractivity contribution in [2.24, 2.45) is 17.8 Å². The van der Waals surface area contributed by atoms with Gasteiger partial charge in [0, 0.05) is 5.92 Å². The van der Waals surface area contributed by atoms with E-state index in [0.717, 1.165) is 12.2 Å². The fourth-order valence-corrected chi connectivity index (χ4v) is 1.70. The van der Waals surface area contributed by atoms with E-state index in [-0.39, 0.29) is 0 Å². The summed E-state index contributed by atoms with van der Waals surface area (Å²) in [4.78, 5) is 10.4. The highest BCUT2D eigenvalue weighted by Gasteiger charge is 2.45. The molecule has 0 saturated heterocycles. The SMILES string of the molecule is CCCC[C@H]1[C@@H](C)[C@@H]1C=O. The fraction of sp³-hybridized carbons (Fsp3) is 0.889. The van der Waals surface area contributed by atoms with Crippen LogP contribution >= 0.6 is 0 Å². The summed E-state index contributed by atoms with van der Waals surface area (Å²) in [5.74, 6) is 1.83. The van der Waals surface area contributed by atoms with Gasteiger partial charge in [-0.3, -0.25) is 0 Å². The van der Waals surface area contributed by atoms with Crippen molar-refractivity contribution in [1.82, 2.24) is 0 Å². The van der Waals surface area contributed by atoms with Crippen molar-refractivity contribution in [3.8, 4) is 0 Å². The maximum Gasteiger partial charge on any atom is 0.123 e. The summed E-state index contributed by atoms with van der Waals surface area (Å²) in [5, 5.41) is 0. The molecule has 0 heterocycles. The third-order valence-electron chi connectivity index (χ3n) is 2.68. The van der Waals surface area contributed by atoms with Gasteiger partial charge in [0.1, 0.15) is 6.29 Å². The second-order valence-corrected chi connectivity index (χ2v) is 3.38. The summed E-state index contributed by atoms with van der Waals surface area (Å²) in [6.45, 7) is 4.38. The standard InChI is InChI=1S/C9H16O/c1-3-4-5-8-7(2)9(8)6-10/h6-9H,3-5H2,1-2H3/t7-,8+,9+/m1/s1. The van der Waals surface area contributed by atoms with E-state index < -0.39 is 0 Å². The van der Waals surface area contributed by atoms with Crippen LogP contribution < -0.4 is 0 Å². The summed E-state index contributed by atoms with van der Waals surface area (Å²) in [6.07, 6.45) is 4.94. The van der Waals surface area contributed by atoms with Gasteiger partial charge in [0.2, 0.25) is 0 Å². The minimum Gasteiger partial charge on any atom is -0.303 e. The molecule has 0 aromatic heterocycles. The maximum atomic E-state index is 10.4. The second kappa shape index (κ2) is 3.18. The smallest absolute Gasteiger partial charge is 0.123 e. The van der Waals surface area contributed by atoms with Crippen LogP contribution in [0, 0.1) is 17.8 Å². The Balaban J connectivity index is 2.14. The van der Waals surface area contributed by atoms with Gasteiger partial charge in [-0.2, -0.15) is 0 Å². The van der Waals surface area contributed by atoms with Gasteiger partial charge in [-0.1, -0.05) is 26.7 Å². The minimum absolute atomic E-state index is 0.409. The normalized spacial score (nSPS) is 37.6. The number of hydrogen-bond donors (Lipinski definition) is 0. The Bertz CT molecular complexity index is 120. The van der Waals surface area contributed by atoms with E-state index in [1.807, 2.05) is 0 Å². The van der Waals surface area contributed by atoms with E-state index in [0.29, 0.717) is 11.8 Å². The van der Waals surface area contributed by atoms with E-state index in [1.54, 1.807) is 0 Å². The first-order valence-corrected chi connectivity index (χ1v) is 4.26. The van der Waals surface area contributed by atoms with Gasteiger partial charge < -0.3 is 4.79 Å². The molecule has 1 aliphatic rings. The lowest BCUT2D eigenvalue weighted by molar-refractivity contribution is -0.109. The number of hydrogen-bond acceptors (Lipinski definition) is 1. The largest absolute Gasteiger partial charge is 0.303 e. The molecule has 1 rings (SSSR count). The molecule has 0 aliphatic heterocycles. The highest BCUT2D eigenvalue weighted by Crippen LogP contribution is 2.47. The third-order valence-corrected chi connectivity index (χ3v) is 2.68. The highest BCUT2D eigenvalue weighted by molar-refractivity contribution is 5.59. The van der Waals surface area contributed by atoms with Crippen molar-refractivity contribution in [3.05, 3.63) is 0 Å². The van der Waals surface area contributed by atoms with Gasteiger partial charge in [-0.25, -0.2) is 0 Å². The van der Waals surface area contributed by atoms with Crippen molar-refractivity contribution in [2.45, 2.75) is 33.1 Å². The van der Waals surface area contributed by atoms with Gasteiger partial charge in [0.25, 0.3) is 0 Å². The van der Waals surface area contributed by atoms with Crippen molar-refractivity contribution < 1.29 is 4.79 Å². The van der Waals surface area contributed by atoms with Crippen LogP contribution in [-0.2, 0) is 4.79 Å². The van der Waals surface area contributed by atoms with Crippen molar-refractivity contribution >= 4 is 6.29 Å². The molecule has 0 N–H and O–H groups in total. The van der Waals surface area contributed by atoms with Crippen molar-refractivity contribution in [1.29, 1.82) is 0 Å². The Morgan fingerprint density at radius 2 is 2.20 bits per heavy atom. The number of unbranched alkanes of at least 4 members (excludes halogenated alkanes) is 1. The molecule has 1 fully saturated rings. The minimum atomic E-state index is 0.409. The summed E-state index contributed by atoms with van der Waals surface area (Å²) in [6, 6.07) is 0. The third kappa shape index (κ3) is 1.39. The first kappa shape index (κ1) is 7.77. The van der Waals surface area contributed by atoms with Crippen LogP contribution in [0.25, 0.3) is 0 Å². The Kier molecular flexibility index (Phi) is 2.47. The molecule has 0 unspecified atom stereocenters. The zero-order valence-corrected chi connectivity index (χ0v) is 6.84. The van der Waals surface area contributed by atoms with Gasteiger partial charge in [-0.15, -0.1) is 0 Å². The Hall–Kier alpha value is -0.330. The second-order valence-electron chi connectivity index (χ2n) is 3.38. The van der Waals surface area contributed by atoms with Crippen molar-refractivity contribution in [2.75, 3.05) is 0 Å². The first-order chi connectivity index (χ1) is 4.81. The molecule has 10 heavy (non-hydrogen) atoms. The molecular weight excluding hydrogens is 124 g/mol. The van der Waals surface area contributed by atoms with Crippen LogP contribution in [0.3, 0.4) is 0 Å². The van der Waals surface area contributed by atoms with E-state index in [1.165, 1.54) is 19.3 Å². The predicted molar refractivity (Wildman–Crippen MR) is 41.7 cm³/mol. The molecule has 3 atom stereocenters. The van der Waals surface area contributed by atoms with E-state index in [4.69, 9.17) is 0 Å². The van der Waals surface area contributed by atoms with Crippen LogP contribution in [0.1, 0.15) is 33.1 Å². The zero-order chi connectivity index (χ0) is 7.56. The number of carbonyl (C=O) groups is 1. The van der Waals surface area contributed by atoms with Crippen molar-refractivity contribution in [3.63, 3.8) is 0 Å². The maximum absolute atomic E-state index is 10.4. The van der Waals surface area contributed by atoms with Crippen LogP contribution in [0.4, 0.5) is 0 Å². The van der Waals surface area contributed by atoms with Gasteiger partial charge in [0.05, 0.1) is 0 Å².